The molecule has 0 bridgehead atoms. The van der Waals surface area contributed by atoms with E-state index in [4.69, 9.17) is 42.6 Å². The molecule has 1 unspecified atom stereocenters. The Morgan fingerprint density at radius 2 is 1.51 bits per heavy atom. The second-order valence-corrected chi connectivity index (χ2v) is 8.51. The minimum absolute atomic E-state index is 0.311. The molecular weight excluding hydrogens is 456 g/mol. The predicted molar refractivity (Wildman–Crippen MR) is 126 cm³/mol. The van der Waals surface area contributed by atoms with Crippen molar-refractivity contribution in [3.63, 3.8) is 0 Å². The van der Waals surface area contributed by atoms with Gasteiger partial charge in [-0.3, -0.25) is 0 Å². The SMILES string of the molecule is COc1ccc(CO[C@]2(Cc3cc(OC)ccc3OC)[C@H](C)O[C@@H](OC)[C@@H]3OC(OC)O[C@@H]32)cc1. The summed E-state index contributed by atoms with van der Waals surface area (Å²) in [4.78, 5) is 0. The molecule has 0 aromatic heterocycles. The maximum atomic E-state index is 6.74. The zero-order chi connectivity index (χ0) is 25.0. The van der Waals surface area contributed by atoms with Crippen molar-refractivity contribution in [2.45, 2.75) is 56.6 Å². The van der Waals surface area contributed by atoms with Crippen molar-refractivity contribution in [1.82, 2.24) is 0 Å². The lowest BCUT2D eigenvalue weighted by Crippen LogP contribution is -2.66. The molecule has 2 aromatic carbocycles. The average molecular weight is 491 g/mol. The normalized spacial score (nSPS) is 30.1. The Morgan fingerprint density at radius 3 is 2.14 bits per heavy atom. The summed E-state index contributed by atoms with van der Waals surface area (Å²) >= 11 is 0. The van der Waals surface area contributed by atoms with Gasteiger partial charge in [0.25, 0.3) is 6.48 Å². The lowest BCUT2D eigenvalue weighted by Gasteiger charge is -2.49. The Morgan fingerprint density at radius 1 is 0.800 bits per heavy atom. The van der Waals surface area contributed by atoms with Gasteiger partial charge in [0.05, 0.1) is 34.0 Å². The zero-order valence-corrected chi connectivity index (χ0v) is 21.0. The van der Waals surface area contributed by atoms with Gasteiger partial charge in [-0.15, -0.1) is 0 Å². The molecule has 4 rings (SSSR count). The van der Waals surface area contributed by atoms with Gasteiger partial charge in [0.2, 0.25) is 0 Å². The fraction of sp³-hybridized carbons (Fsp3) is 0.538. The van der Waals surface area contributed by atoms with Crippen LogP contribution in [0.25, 0.3) is 0 Å². The van der Waals surface area contributed by atoms with Crippen LogP contribution >= 0.6 is 0 Å². The molecule has 6 atom stereocenters. The zero-order valence-electron chi connectivity index (χ0n) is 21.0. The molecule has 9 nitrogen and oxygen atoms in total. The van der Waals surface area contributed by atoms with Crippen molar-refractivity contribution < 1.29 is 42.6 Å². The van der Waals surface area contributed by atoms with Crippen LogP contribution in [0.15, 0.2) is 42.5 Å². The number of fused-ring (bicyclic) bond motifs is 1. The second-order valence-electron chi connectivity index (χ2n) is 8.51. The first-order chi connectivity index (χ1) is 17.0. The van der Waals surface area contributed by atoms with E-state index in [1.165, 1.54) is 7.11 Å². The lowest BCUT2D eigenvalue weighted by molar-refractivity contribution is -0.307. The van der Waals surface area contributed by atoms with Crippen LogP contribution < -0.4 is 14.2 Å². The molecule has 0 saturated carbocycles. The maximum Gasteiger partial charge on any atom is 0.272 e. The number of ether oxygens (including phenoxy) is 9. The molecule has 0 N–H and O–H groups in total. The number of hydrogen-bond donors (Lipinski definition) is 0. The summed E-state index contributed by atoms with van der Waals surface area (Å²) in [7, 11) is 8.01. The largest absolute Gasteiger partial charge is 0.497 e. The van der Waals surface area contributed by atoms with Crippen molar-refractivity contribution in [3.8, 4) is 17.2 Å². The summed E-state index contributed by atoms with van der Waals surface area (Å²) in [6.45, 7) is 1.39. The highest BCUT2D eigenvalue weighted by molar-refractivity contribution is 5.42. The van der Waals surface area contributed by atoms with E-state index in [1.807, 2.05) is 49.4 Å². The fourth-order valence-corrected chi connectivity index (χ4v) is 4.71. The molecule has 2 aliphatic heterocycles. The monoisotopic (exact) mass is 490 g/mol. The number of rotatable bonds is 10. The predicted octanol–water partition coefficient (Wildman–Crippen LogP) is 3.32. The summed E-state index contributed by atoms with van der Waals surface area (Å²) in [5.41, 5.74) is 0.894. The van der Waals surface area contributed by atoms with Gasteiger partial charge in [-0.25, -0.2) is 0 Å². The summed E-state index contributed by atoms with van der Waals surface area (Å²) in [5, 5.41) is 0. The van der Waals surface area contributed by atoms with Crippen LogP contribution in [0.4, 0.5) is 0 Å². The molecule has 192 valence electrons. The molecule has 2 aliphatic rings. The Labute approximate surface area is 206 Å². The molecule has 0 radical (unpaired) electrons. The van der Waals surface area contributed by atoms with Crippen molar-refractivity contribution in [2.24, 2.45) is 0 Å². The van der Waals surface area contributed by atoms with Crippen LogP contribution in [-0.4, -0.2) is 72.2 Å². The molecule has 0 amide bonds. The van der Waals surface area contributed by atoms with E-state index < -0.39 is 36.7 Å². The first kappa shape index (κ1) is 25.7. The van der Waals surface area contributed by atoms with Gasteiger partial charge in [0.15, 0.2) is 6.29 Å². The smallest absolute Gasteiger partial charge is 0.272 e. The Hall–Kier alpha value is -2.40. The highest BCUT2D eigenvalue weighted by Crippen LogP contribution is 2.45. The van der Waals surface area contributed by atoms with Crippen LogP contribution in [0.5, 0.6) is 17.2 Å². The van der Waals surface area contributed by atoms with Crippen LogP contribution in [0.3, 0.4) is 0 Å². The minimum atomic E-state index is -0.966. The topological polar surface area (TPSA) is 83.1 Å². The Balaban J connectivity index is 1.73. The second kappa shape index (κ2) is 11.1. The fourth-order valence-electron chi connectivity index (χ4n) is 4.71. The third kappa shape index (κ3) is 5.11. The van der Waals surface area contributed by atoms with Gasteiger partial charge in [-0.05, 0) is 42.8 Å². The van der Waals surface area contributed by atoms with Gasteiger partial charge in [-0.1, -0.05) is 12.1 Å². The standard InChI is InChI=1S/C26H34O9/c1-16-26(32-15-17-7-9-19(27-2)10-8-17,14-18-13-20(28-3)11-12-21(18)29-4)23-22(24(30-5)33-16)34-25(31-6)35-23/h7-13,16,22-25H,14-15H2,1-6H3/t16-,22+,23-,24+,25?,26+/m0/s1. The van der Waals surface area contributed by atoms with E-state index in [-0.39, 0.29) is 0 Å². The molecule has 2 fully saturated rings. The molecule has 35 heavy (non-hydrogen) atoms. The van der Waals surface area contributed by atoms with Gasteiger partial charge in [0, 0.05) is 26.2 Å². The van der Waals surface area contributed by atoms with E-state index >= 15 is 0 Å². The van der Waals surface area contributed by atoms with E-state index in [9.17, 15) is 0 Å². The molecule has 2 heterocycles. The van der Waals surface area contributed by atoms with E-state index in [1.54, 1.807) is 28.4 Å². The molecule has 2 aromatic rings. The Kier molecular flexibility index (Phi) is 8.16. The average Bonchev–Trinajstić information content (AvgIpc) is 3.34. The van der Waals surface area contributed by atoms with E-state index in [2.05, 4.69) is 0 Å². The van der Waals surface area contributed by atoms with Crippen molar-refractivity contribution in [1.29, 1.82) is 0 Å². The Bertz CT molecular complexity index is 966. The molecule has 0 spiro atoms. The highest BCUT2D eigenvalue weighted by Gasteiger charge is 2.61. The summed E-state index contributed by atoms with van der Waals surface area (Å²) < 4.78 is 52.6. The summed E-state index contributed by atoms with van der Waals surface area (Å²) in [6.07, 6.45) is -1.77. The minimum Gasteiger partial charge on any atom is -0.497 e. The van der Waals surface area contributed by atoms with Gasteiger partial charge >= 0.3 is 0 Å². The summed E-state index contributed by atoms with van der Waals surface area (Å²) in [6, 6.07) is 13.4. The summed E-state index contributed by atoms with van der Waals surface area (Å²) in [5.74, 6) is 2.19. The van der Waals surface area contributed by atoms with E-state index in [0.29, 0.717) is 24.5 Å². The van der Waals surface area contributed by atoms with Gasteiger partial charge in [-0.2, -0.15) is 0 Å². The molecule has 0 aliphatic carbocycles. The first-order valence-corrected chi connectivity index (χ1v) is 11.5. The molecule has 2 saturated heterocycles. The number of methoxy groups -OCH3 is 5. The van der Waals surface area contributed by atoms with Crippen LogP contribution in [0.2, 0.25) is 0 Å². The van der Waals surface area contributed by atoms with Crippen LogP contribution in [-0.2, 0) is 41.4 Å². The molecule has 9 heteroatoms. The third-order valence-corrected chi connectivity index (χ3v) is 6.65. The molecular formula is C26H34O9. The van der Waals surface area contributed by atoms with E-state index in [0.717, 1.165) is 16.9 Å². The van der Waals surface area contributed by atoms with Crippen molar-refractivity contribution in [3.05, 3.63) is 53.6 Å². The van der Waals surface area contributed by atoms with Crippen molar-refractivity contribution in [2.75, 3.05) is 35.5 Å². The van der Waals surface area contributed by atoms with Gasteiger partial charge in [0.1, 0.15) is 35.1 Å². The first-order valence-electron chi connectivity index (χ1n) is 11.5. The van der Waals surface area contributed by atoms with Crippen LogP contribution in [0, 0.1) is 0 Å². The third-order valence-electron chi connectivity index (χ3n) is 6.65. The van der Waals surface area contributed by atoms with Crippen LogP contribution in [0.1, 0.15) is 18.1 Å². The van der Waals surface area contributed by atoms with Gasteiger partial charge < -0.3 is 42.6 Å². The maximum absolute atomic E-state index is 6.74. The quantitative estimate of drug-likeness (QED) is 0.498. The number of benzene rings is 2. The lowest BCUT2D eigenvalue weighted by atomic mass is 9.79. The number of hydrogen-bond acceptors (Lipinski definition) is 9. The highest BCUT2D eigenvalue weighted by atomic mass is 16.9. The van der Waals surface area contributed by atoms with Crippen molar-refractivity contribution >= 4 is 0 Å².